The molecule has 0 radical (unpaired) electrons. The van der Waals surface area contributed by atoms with Crippen molar-refractivity contribution < 1.29 is 17.9 Å². The van der Waals surface area contributed by atoms with Gasteiger partial charge in [-0.25, -0.2) is 8.42 Å². The molecule has 1 unspecified atom stereocenters. The molecule has 0 aliphatic heterocycles. The van der Waals surface area contributed by atoms with Crippen molar-refractivity contribution in [2.24, 2.45) is 0 Å². The zero-order valence-electron chi connectivity index (χ0n) is 9.65. The lowest BCUT2D eigenvalue weighted by atomic mass is 10.1. The Morgan fingerprint density at radius 3 is 2.40 bits per heavy atom. The van der Waals surface area contributed by atoms with Crippen LogP contribution in [0.5, 0.6) is 0 Å². The van der Waals surface area contributed by atoms with Gasteiger partial charge in [-0.15, -0.1) is 0 Å². The van der Waals surface area contributed by atoms with Crippen molar-refractivity contribution in [2.75, 3.05) is 18.1 Å². The van der Waals surface area contributed by atoms with E-state index in [0.29, 0.717) is 13.0 Å². The molecule has 0 aliphatic carbocycles. The van der Waals surface area contributed by atoms with Crippen LogP contribution in [0.1, 0.15) is 33.6 Å². The van der Waals surface area contributed by atoms with Gasteiger partial charge in [0.15, 0.2) is 5.78 Å². The Bertz CT molecular complexity index is 282. The van der Waals surface area contributed by atoms with Gasteiger partial charge in [-0.3, -0.25) is 4.79 Å². The van der Waals surface area contributed by atoms with Gasteiger partial charge in [-0.05, 0) is 20.3 Å². The molecule has 0 saturated heterocycles. The molecule has 0 amide bonds. The zero-order valence-corrected chi connectivity index (χ0v) is 10.5. The maximum atomic E-state index is 11.4. The van der Waals surface area contributed by atoms with Crippen LogP contribution >= 0.6 is 0 Å². The topological polar surface area (TPSA) is 60.4 Å². The summed E-state index contributed by atoms with van der Waals surface area (Å²) in [5.41, 5.74) is 0. The van der Waals surface area contributed by atoms with Crippen molar-refractivity contribution in [1.29, 1.82) is 0 Å². The number of sulfone groups is 1. The van der Waals surface area contributed by atoms with E-state index in [0.717, 1.165) is 0 Å². The zero-order chi connectivity index (χ0) is 11.9. The number of ketones is 1. The van der Waals surface area contributed by atoms with Crippen LogP contribution in [0.3, 0.4) is 0 Å². The van der Waals surface area contributed by atoms with Crippen molar-refractivity contribution in [3.8, 4) is 0 Å². The summed E-state index contributed by atoms with van der Waals surface area (Å²) in [4.78, 5) is 11.4. The maximum Gasteiger partial charge on any atom is 0.161 e. The van der Waals surface area contributed by atoms with Gasteiger partial charge in [0.1, 0.15) is 15.9 Å². The fourth-order valence-corrected chi connectivity index (χ4v) is 2.03. The summed E-state index contributed by atoms with van der Waals surface area (Å²) in [6.07, 6.45) is 0.256. The fourth-order valence-electron chi connectivity index (χ4n) is 1.16. The molecule has 0 bridgehead atoms. The summed E-state index contributed by atoms with van der Waals surface area (Å²) in [6, 6.07) is 0. The molecule has 90 valence electrons. The first-order valence-electron chi connectivity index (χ1n) is 5.27. The van der Waals surface area contributed by atoms with Gasteiger partial charge in [-0.2, -0.15) is 0 Å². The van der Waals surface area contributed by atoms with Crippen LogP contribution in [0.15, 0.2) is 0 Å². The number of hydrogen-bond acceptors (Lipinski definition) is 4. The normalized spacial score (nSPS) is 13.8. The molecule has 1 atom stereocenters. The Morgan fingerprint density at radius 2 is 1.93 bits per heavy atom. The molecular weight excluding hydrogens is 216 g/mol. The highest BCUT2D eigenvalue weighted by Crippen LogP contribution is 2.03. The highest BCUT2D eigenvalue weighted by molar-refractivity contribution is 7.91. The SMILES string of the molecule is CCOC(C)C(=O)CCCS(=O)(=O)CC. The summed E-state index contributed by atoms with van der Waals surface area (Å²) in [7, 11) is -2.95. The second kappa shape index (κ2) is 6.95. The van der Waals surface area contributed by atoms with Gasteiger partial charge < -0.3 is 4.74 Å². The average molecular weight is 236 g/mol. The number of carbonyl (C=O) groups excluding carboxylic acids is 1. The van der Waals surface area contributed by atoms with Crippen molar-refractivity contribution >= 4 is 15.6 Å². The van der Waals surface area contributed by atoms with Crippen molar-refractivity contribution in [3.05, 3.63) is 0 Å². The fraction of sp³-hybridized carbons (Fsp3) is 0.900. The molecular formula is C10H20O4S. The Kier molecular flexibility index (Phi) is 6.76. The monoisotopic (exact) mass is 236 g/mol. The van der Waals surface area contributed by atoms with E-state index in [-0.39, 0.29) is 23.7 Å². The summed E-state index contributed by atoms with van der Waals surface area (Å²) in [5, 5.41) is 0. The van der Waals surface area contributed by atoms with Gasteiger partial charge in [0.25, 0.3) is 0 Å². The largest absolute Gasteiger partial charge is 0.371 e. The van der Waals surface area contributed by atoms with E-state index in [1.807, 2.05) is 6.92 Å². The summed E-state index contributed by atoms with van der Waals surface area (Å²) >= 11 is 0. The van der Waals surface area contributed by atoms with E-state index in [4.69, 9.17) is 4.74 Å². The summed E-state index contributed by atoms with van der Waals surface area (Å²) < 4.78 is 27.4. The Balaban J connectivity index is 3.82. The third-order valence-corrected chi connectivity index (χ3v) is 3.98. The third-order valence-electron chi connectivity index (χ3n) is 2.19. The molecule has 0 heterocycles. The first kappa shape index (κ1) is 14.6. The van der Waals surface area contributed by atoms with Crippen LogP contribution in [-0.4, -0.2) is 38.4 Å². The molecule has 0 fully saturated rings. The Hall–Kier alpha value is -0.420. The summed E-state index contributed by atoms with van der Waals surface area (Å²) in [5.74, 6) is 0.208. The molecule has 0 N–H and O–H groups in total. The number of hydrogen-bond donors (Lipinski definition) is 0. The van der Waals surface area contributed by atoms with E-state index >= 15 is 0 Å². The van der Waals surface area contributed by atoms with E-state index in [9.17, 15) is 13.2 Å². The molecule has 15 heavy (non-hydrogen) atoms. The average Bonchev–Trinajstić information content (AvgIpc) is 2.18. The molecule has 0 spiro atoms. The summed E-state index contributed by atoms with van der Waals surface area (Å²) in [6.45, 7) is 5.63. The van der Waals surface area contributed by atoms with Crippen LogP contribution < -0.4 is 0 Å². The molecule has 0 aromatic carbocycles. The Morgan fingerprint density at radius 1 is 1.33 bits per heavy atom. The number of Topliss-reactive ketones (excluding diaryl/α,β-unsaturated/α-hetero) is 1. The number of rotatable bonds is 8. The minimum atomic E-state index is -2.95. The standard InChI is InChI=1S/C10H20O4S/c1-4-14-9(3)10(11)7-6-8-15(12,13)5-2/h9H,4-8H2,1-3H3. The van der Waals surface area contributed by atoms with E-state index in [1.54, 1.807) is 13.8 Å². The minimum absolute atomic E-state index is 0.0249. The number of carbonyl (C=O) groups is 1. The molecule has 0 saturated carbocycles. The smallest absolute Gasteiger partial charge is 0.161 e. The van der Waals surface area contributed by atoms with Crippen LogP contribution in [0.4, 0.5) is 0 Å². The first-order valence-corrected chi connectivity index (χ1v) is 7.09. The van der Waals surface area contributed by atoms with Crippen molar-refractivity contribution in [2.45, 2.75) is 39.7 Å². The van der Waals surface area contributed by atoms with Crippen molar-refractivity contribution in [3.63, 3.8) is 0 Å². The second-order valence-corrected chi connectivity index (χ2v) is 5.88. The van der Waals surface area contributed by atoms with Crippen LogP contribution in [0.2, 0.25) is 0 Å². The highest BCUT2D eigenvalue weighted by atomic mass is 32.2. The van der Waals surface area contributed by atoms with Crippen LogP contribution in [-0.2, 0) is 19.4 Å². The van der Waals surface area contributed by atoms with Crippen molar-refractivity contribution in [1.82, 2.24) is 0 Å². The van der Waals surface area contributed by atoms with Gasteiger partial charge in [-0.1, -0.05) is 6.92 Å². The van der Waals surface area contributed by atoms with Crippen LogP contribution in [0, 0.1) is 0 Å². The molecule has 0 aromatic rings. The van der Waals surface area contributed by atoms with Gasteiger partial charge in [0, 0.05) is 18.8 Å². The molecule has 4 nitrogen and oxygen atoms in total. The van der Waals surface area contributed by atoms with Gasteiger partial charge in [0.05, 0.1) is 5.75 Å². The van der Waals surface area contributed by atoms with Gasteiger partial charge >= 0.3 is 0 Å². The molecule has 5 heteroatoms. The lowest BCUT2D eigenvalue weighted by Gasteiger charge is -2.09. The van der Waals surface area contributed by atoms with Gasteiger partial charge in [0.2, 0.25) is 0 Å². The minimum Gasteiger partial charge on any atom is -0.371 e. The second-order valence-electron chi connectivity index (χ2n) is 3.40. The maximum absolute atomic E-state index is 11.4. The number of ether oxygens (including phenoxy) is 1. The highest BCUT2D eigenvalue weighted by Gasteiger charge is 2.14. The molecule has 0 aliphatic rings. The Labute approximate surface area is 91.9 Å². The quantitative estimate of drug-likeness (QED) is 0.635. The predicted molar refractivity (Wildman–Crippen MR) is 59.7 cm³/mol. The third kappa shape index (κ3) is 6.62. The van der Waals surface area contributed by atoms with E-state index < -0.39 is 15.9 Å². The van der Waals surface area contributed by atoms with Crippen LogP contribution in [0.25, 0.3) is 0 Å². The lowest BCUT2D eigenvalue weighted by molar-refractivity contribution is -0.129. The lowest BCUT2D eigenvalue weighted by Crippen LogP contribution is -2.21. The van der Waals surface area contributed by atoms with E-state index in [2.05, 4.69) is 0 Å². The first-order chi connectivity index (χ1) is 6.93. The molecule has 0 aromatic heterocycles. The van der Waals surface area contributed by atoms with E-state index in [1.165, 1.54) is 0 Å². The molecule has 0 rings (SSSR count). The predicted octanol–water partition coefficient (Wildman–Crippen LogP) is 1.20.